The highest BCUT2D eigenvalue weighted by molar-refractivity contribution is 7.91. The van der Waals surface area contributed by atoms with Gasteiger partial charge in [0, 0.05) is 0 Å². The maximum Gasteiger partial charge on any atom is 0.178 e. The van der Waals surface area contributed by atoms with E-state index in [1.165, 1.54) is 23.3 Å². The van der Waals surface area contributed by atoms with Gasteiger partial charge in [0.25, 0.3) is 0 Å². The largest absolute Gasteiger partial charge is 0.224 e. The maximum absolute atomic E-state index is 13.1. The number of halogens is 1. The van der Waals surface area contributed by atoms with E-state index < -0.39 is 9.84 Å². The molecule has 1 aliphatic carbocycles. The summed E-state index contributed by atoms with van der Waals surface area (Å²) in [6, 6.07) is 13.7. The quantitative estimate of drug-likeness (QED) is 0.813. The number of benzene rings is 2. The molecule has 2 aromatic rings. The summed E-state index contributed by atoms with van der Waals surface area (Å²) in [5, 5.41) is 0. The first-order valence-corrected chi connectivity index (χ1v) is 9.47. The minimum atomic E-state index is -3.17. The third-order valence-electron chi connectivity index (χ3n) is 4.35. The number of hydrogen-bond donors (Lipinski definition) is 0. The average Bonchev–Trinajstić information content (AvgIpc) is 3.05. The Morgan fingerprint density at radius 2 is 1.35 bits per heavy atom. The molecule has 0 atom stereocenters. The topological polar surface area (TPSA) is 34.1 Å². The molecule has 0 aromatic heterocycles. The summed E-state index contributed by atoms with van der Waals surface area (Å²) < 4.78 is 36.9. The van der Waals surface area contributed by atoms with Crippen molar-refractivity contribution in [2.24, 2.45) is 0 Å². The van der Waals surface area contributed by atoms with E-state index in [4.69, 9.17) is 0 Å². The Morgan fingerprint density at radius 3 is 1.83 bits per heavy atom. The maximum atomic E-state index is 13.1. The molecule has 0 radical (unpaired) electrons. The van der Waals surface area contributed by atoms with E-state index in [1.807, 2.05) is 24.3 Å². The predicted molar refractivity (Wildman–Crippen MR) is 91.2 cm³/mol. The van der Waals surface area contributed by atoms with Crippen LogP contribution in [0, 0.1) is 5.82 Å². The van der Waals surface area contributed by atoms with Crippen molar-refractivity contribution in [2.75, 3.05) is 5.75 Å². The van der Waals surface area contributed by atoms with Crippen LogP contribution in [0.1, 0.15) is 37.3 Å². The molecule has 0 fully saturated rings. The predicted octanol–water partition coefficient (Wildman–Crippen LogP) is 4.71. The van der Waals surface area contributed by atoms with Crippen molar-refractivity contribution in [3.05, 3.63) is 65.5 Å². The van der Waals surface area contributed by atoms with E-state index in [0.29, 0.717) is 4.90 Å². The van der Waals surface area contributed by atoms with Crippen LogP contribution in [0.3, 0.4) is 0 Å². The van der Waals surface area contributed by atoms with Crippen LogP contribution in [0.2, 0.25) is 0 Å². The van der Waals surface area contributed by atoms with Gasteiger partial charge in [-0.2, -0.15) is 0 Å². The molecule has 4 heteroatoms. The second kappa shape index (κ2) is 6.28. The Labute approximate surface area is 136 Å². The van der Waals surface area contributed by atoms with Crippen LogP contribution in [-0.4, -0.2) is 14.2 Å². The van der Waals surface area contributed by atoms with Crippen molar-refractivity contribution in [3.63, 3.8) is 0 Å². The molecular formula is C19H19FO2S. The lowest BCUT2D eigenvalue weighted by Gasteiger charge is -2.09. The fourth-order valence-corrected chi connectivity index (χ4v) is 3.95. The normalized spacial score (nSPS) is 15.2. The number of rotatable bonds is 4. The summed E-state index contributed by atoms with van der Waals surface area (Å²) in [6.45, 7) is 1.65. The van der Waals surface area contributed by atoms with E-state index in [0.717, 1.165) is 30.4 Å². The smallest absolute Gasteiger partial charge is 0.178 e. The van der Waals surface area contributed by atoms with Gasteiger partial charge in [-0.15, -0.1) is 0 Å². The zero-order valence-corrected chi connectivity index (χ0v) is 13.9. The van der Waals surface area contributed by atoms with Crippen LogP contribution in [0.25, 0.3) is 11.1 Å². The van der Waals surface area contributed by atoms with Gasteiger partial charge in [0.1, 0.15) is 5.82 Å². The first kappa shape index (κ1) is 15.9. The van der Waals surface area contributed by atoms with Gasteiger partial charge in [-0.25, -0.2) is 12.8 Å². The molecule has 0 heterocycles. The summed E-state index contributed by atoms with van der Waals surface area (Å²) in [5.41, 5.74) is 4.56. The Kier molecular flexibility index (Phi) is 4.35. The fourth-order valence-electron chi connectivity index (χ4n) is 3.06. The molecule has 0 bridgehead atoms. The molecule has 2 nitrogen and oxygen atoms in total. The third-order valence-corrected chi connectivity index (χ3v) is 6.10. The SMILES string of the molecule is CCS(=O)(=O)c1ccc(C2=C(c3ccc(F)cc3)CCC2)cc1. The minimum absolute atomic E-state index is 0.107. The zero-order chi connectivity index (χ0) is 16.4. The van der Waals surface area contributed by atoms with Gasteiger partial charge in [0.15, 0.2) is 9.84 Å². The highest BCUT2D eigenvalue weighted by Crippen LogP contribution is 2.39. The second-order valence-corrected chi connectivity index (χ2v) is 8.02. The highest BCUT2D eigenvalue weighted by atomic mass is 32.2. The molecule has 2 aromatic carbocycles. The molecule has 0 spiro atoms. The van der Waals surface area contributed by atoms with Gasteiger partial charge in [0.05, 0.1) is 10.6 Å². The molecule has 1 aliphatic rings. The van der Waals surface area contributed by atoms with E-state index in [1.54, 1.807) is 19.1 Å². The molecular weight excluding hydrogens is 311 g/mol. The first-order chi connectivity index (χ1) is 11.0. The zero-order valence-electron chi connectivity index (χ0n) is 13.0. The van der Waals surface area contributed by atoms with E-state index >= 15 is 0 Å². The third kappa shape index (κ3) is 3.22. The fraction of sp³-hybridized carbons (Fsp3) is 0.263. The van der Waals surface area contributed by atoms with E-state index in [-0.39, 0.29) is 11.6 Å². The summed E-state index contributed by atoms with van der Waals surface area (Å²) in [7, 11) is -3.17. The highest BCUT2D eigenvalue weighted by Gasteiger charge is 2.18. The lowest BCUT2D eigenvalue weighted by molar-refractivity contribution is 0.597. The lowest BCUT2D eigenvalue weighted by atomic mass is 9.97. The molecule has 0 saturated heterocycles. The molecule has 0 aliphatic heterocycles. The molecule has 0 unspecified atom stereocenters. The monoisotopic (exact) mass is 330 g/mol. The van der Waals surface area contributed by atoms with Crippen LogP contribution in [0.4, 0.5) is 4.39 Å². The second-order valence-electron chi connectivity index (χ2n) is 5.75. The number of sulfone groups is 1. The Hall–Kier alpha value is -1.94. The summed E-state index contributed by atoms with van der Waals surface area (Å²) >= 11 is 0. The van der Waals surface area contributed by atoms with Crippen LogP contribution < -0.4 is 0 Å². The standard InChI is InChI=1S/C19H19FO2S/c1-2-23(21,22)17-12-8-15(9-13-17)19-5-3-4-18(19)14-6-10-16(20)11-7-14/h6-13H,2-5H2,1H3. The summed E-state index contributed by atoms with van der Waals surface area (Å²) in [5.74, 6) is -0.126. The minimum Gasteiger partial charge on any atom is -0.224 e. The first-order valence-electron chi connectivity index (χ1n) is 7.82. The van der Waals surface area contributed by atoms with Crippen molar-refractivity contribution in [3.8, 4) is 0 Å². The molecule has 0 saturated carbocycles. The van der Waals surface area contributed by atoms with Crippen LogP contribution in [0.5, 0.6) is 0 Å². The molecule has 0 N–H and O–H groups in total. The Morgan fingerprint density at radius 1 is 0.870 bits per heavy atom. The van der Waals surface area contributed by atoms with Gasteiger partial charge < -0.3 is 0 Å². The number of hydrogen-bond acceptors (Lipinski definition) is 2. The Balaban J connectivity index is 1.99. The van der Waals surface area contributed by atoms with Crippen molar-refractivity contribution in [2.45, 2.75) is 31.1 Å². The number of allylic oxidation sites excluding steroid dienone is 2. The van der Waals surface area contributed by atoms with E-state index in [9.17, 15) is 12.8 Å². The molecule has 120 valence electrons. The van der Waals surface area contributed by atoms with Crippen molar-refractivity contribution in [1.82, 2.24) is 0 Å². The Bertz CT molecular complexity index is 832. The lowest BCUT2D eigenvalue weighted by Crippen LogP contribution is -2.03. The van der Waals surface area contributed by atoms with Gasteiger partial charge >= 0.3 is 0 Å². The van der Waals surface area contributed by atoms with Gasteiger partial charge in [-0.3, -0.25) is 0 Å². The van der Waals surface area contributed by atoms with Crippen LogP contribution >= 0.6 is 0 Å². The van der Waals surface area contributed by atoms with Crippen LogP contribution in [-0.2, 0) is 9.84 Å². The average molecular weight is 330 g/mol. The van der Waals surface area contributed by atoms with Gasteiger partial charge in [-0.05, 0) is 65.8 Å². The summed E-state index contributed by atoms with van der Waals surface area (Å²) in [6.07, 6.45) is 3.00. The summed E-state index contributed by atoms with van der Waals surface area (Å²) in [4.78, 5) is 0.366. The molecule has 0 amide bonds. The van der Waals surface area contributed by atoms with Gasteiger partial charge in [-0.1, -0.05) is 31.2 Å². The van der Waals surface area contributed by atoms with Crippen molar-refractivity contribution >= 4 is 21.0 Å². The molecule has 3 rings (SSSR count). The van der Waals surface area contributed by atoms with Crippen LogP contribution in [0.15, 0.2) is 53.4 Å². The molecule has 23 heavy (non-hydrogen) atoms. The van der Waals surface area contributed by atoms with E-state index in [2.05, 4.69) is 0 Å². The van der Waals surface area contributed by atoms with Gasteiger partial charge in [0.2, 0.25) is 0 Å². The van der Waals surface area contributed by atoms with Crippen molar-refractivity contribution < 1.29 is 12.8 Å². The van der Waals surface area contributed by atoms with Crippen molar-refractivity contribution in [1.29, 1.82) is 0 Å².